The zero-order chi connectivity index (χ0) is 14.8. The molecule has 1 aromatic rings. The summed E-state index contributed by atoms with van der Waals surface area (Å²) in [6.45, 7) is 8.19. The van der Waals surface area contributed by atoms with Gasteiger partial charge < -0.3 is 10.2 Å². The van der Waals surface area contributed by atoms with Gasteiger partial charge in [0.25, 0.3) is 5.76 Å². The summed E-state index contributed by atoms with van der Waals surface area (Å²) in [7, 11) is 0. The molecule has 5 heteroatoms. The van der Waals surface area contributed by atoms with Crippen LogP contribution in [0.25, 0.3) is 0 Å². The maximum Gasteiger partial charge on any atom is 0.288 e. The summed E-state index contributed by atoms with van der Waals surface area (Å²) in [5, 5.41) is 3.56. The van der Waals surface area contributed by atoms with Crippen LogP contribution in [0.1, 0.15) is 27.2 Å². The number of anilines is 1. The summed E-state index contributed by atoms with van der Waals surface area (Å²) >= 11 is 0.633. The van der Waals surface area contributed by atoms with Gasteiger partial charge in [0.1, 0.15) is 0 Å². The minimum absolute atomic E-state index is 0.0368. The van der Waals surface area contributed by atoms with E-state index in [0.717, 1.165) is 25.2 Å². The molecule has 2 atom stereocenters. The quantitative estimate of drug-likeness (QED) is 0.847. The van der Waals surface area contributed by atoms with E-state index in [1.165, 1.54) is 0 Å². The molecule has 1 aliphatic rings. The number of hydrogen-bond donors (Lipinski definition) is 1. The van der Waals surface area contributed by atoms with Gasteiger partial charge in [0, 0.05) is 29.6 Å². The highest BCUT2D eigenvalue weighted by molar-refractivity contribution is 7.99. The Morgan fingerprint density at radius 3 is 2.80 bits per heavy atom. The average Bonchev–Trinajstić information content (AvgIpc) is 2.42. The second-order valence-electron chi connectivity index (χ2n) is 5.62. The van der Waals surface area contributed by atoms with Crippen LogP contribution in [0.15, 0.2) is 29.2 Å². The van der Waals surface area contributed by atoms with Gasteiger partial charge in [-0.1, -0.05) is 30.8 Å². The number of piperazine rings is 1. The highest BCUT2D eigenvalue weighted by atomic mass is 32.2. The van der Waals surface area contributed by atoms with Crippen molar-refractivity contribution >= 4 is 17.4 Å². The third kappa shape index (κ3) is 3.44. The van der Waals surface area contributed by atoms with Crippen molar-refractivity contribution < 1.29 is 8.78 Å². The molecule has 2 unspecified atom stereocenters. The second kappa shape index (κ2) is 6.31. The molecular weight excluding hydrogens is 278 g/mol. The minimum atomic E-state index is -2.38. The molecule has 0 radical (unpaired) electrons. The molecule has 1 fully saturated rings. The lowest BCUT2D eigenvalue weighted by Gasteiger charge is -2.46. The number of alkyl halides is 2. The van der Waals surface area contributed by atoms with Crippen molar-refractivity contribution in [2.45, 2.75) is 49.4 Å². The first-order valence-electron chi connectivity index (χ1n) is 7.01. The van der Waals surface area contributed by atoms with E-state index in [1.807, 2.05) is 18.2 Å². The number of thioether (sulfide) groups is 1. The Labute approximate surface area is 123 Å². The molecule has 0 bridgehead atoms. The Morgan fingerprint density at radius 1 is 1.45 bits per heavy atom. The number of nitrogens with one attached hydrogen (secondary N) is 1. The van der Waals surface area contributed by atoms with Gasteiger partial charge in [-0.3, -0.25) is 0 Å². The molecule has 20 heavy (non-hydrogen) atoms. The van der Waals surface area contributed by atoms with Crippen molar-refractivity contribution in [2.24, 2.45) is 0 Å². The topological polar surface area (TPSA) is 15.3 Å². The Balaban J connectivity index is 2.29. The van der Waals surface area contributed by atoms with Crippen LogP contribution in [0.2, 0.25) is 0 Å². The van der Waals surface area contributed by atoms with E-state index < -0.39 is 5.76 Å². The predicted molar refractivity (Wildman–Crippen MR) is 81.8 cm³/mol. The summed E-state index contributed by atoms with van der Waals surface area (Å²) < 4.78 is 25.4. The first-order chi connectivity index (χ1) is 9.45. The molecule has 0 saturated carbocycles. The van der Waals surface area contributed by atoms with Gasteiger partial charge in [0.05, 0.1) is 5.69 Å². The third-order valence-corrected chi connectivity index (χ3v) is 4.82. The Kier molecular flexibility index (Phi) is 4.91. The van der Waals surface area contributed by atoms with E-state index in [1.54, 1.807) is 6.07 Å². The van der Waals surface area contributed by atoms with E-state index >= 15 is 0 Å². The zero-order valence-corrected chi connectivity index (χ0v) is 13.0. The normalized spacial score (nSPS) is 27.1. The van der Waals surface area contributed by atoms with Crippen molar-refractivity contribution in [1.82, 2.24) is 5.32 Å². The minimum Gasteiger partial charge on any atom is -0.365 e. The molecule has 0 spiro atoms. The van der Waals surface area contributed by atoms with Crippen LogP contribution >= 0.6 is 11.8 Å². The van der Waals surface area contributed by atoms with Crippen molar-refractivity contribution in [3.8, 4) is 0 Å². The first kappa shape index (κ1) is 15.6. The van der Waals surface area contributed by atoms with E-state index in [9.17, 15) is 8.78 Å². The molecule has 2 nitrogen and oxygen atoms in total. The standard InChI is InChI=1S/C15H22F2N2S/c1-4-15(3)10-19(11(2)9-18-15)12-7-5-6-8-13(12)20-14(16)17/h5-8,11,14,18H,4,9-10H2,1-3H3. The smallest absolute Gasteiger partial charge is 0.288 e. The van der Waals surface area contributed by atoms with Crippen LogP contribution in [0.4, 0.5) is 14.5 Å². The molecular formula is C15H22F2N2S. The lowest BCUT2D eigenvalue weighted by atomic mass is 9.93. The fourth-order valence-electron chi connectivity index (χ4n) is 2.54. The SMILES string of the molecule is CCC1(C)CN(c2ccccc2SC(F)F)C(C)CN1. The van der Waals surface area contributed by atoms with Gasteiger partial charge in [-0.2, -0.15) is 8.78 Å². The summed E-state index contributed by atoms with van der Waals surface area (Å²) in [4.78, 5) is 2.92. The summed E-state index contributed by atoms with van der Waals surface area (Å²) in [5.41, 5.74) is 0.959. The Bertz CT molecular complexity index is 455. The molecule has 112 valence electrons. The van der Waals surface area contributed by atoms with E-state index in [4.69, 9.17) is 0 Å². The van der Waals surface area contributed by atoms with Crippen molar-refractivity contribution in [2.75, 3.05) is 18.0 Å². The number of para-hydroxylation sites is 1. The van der Waals surface area contributed by atoms with Crippen LogP contribution in [0.3, 0.4) is 0 Å². The van der Waals surface area contributed by atoms with Crippen LogP contribution < -0.4 is 10.2 Å². The van der Waals surface area contributed by atoms with E-state index in [2.05, 4.69) is 31.0 Å². The molecule has 2 rings (SSSR count). The van der Waals surface area contributed by atoms with Crippen molar-refractivity contribution in [3.63, 3.8) is 0 Å². The van der Waals surface area contributed by atoms with E-state index in [0.29, 0.717) is 22.7 Å². The van der Waals surface area contributed by atoms with E-state index in [-0.39, 0.29) is 5.54 Å². The van der Waals surface area contributed by atoms with Gasteiger partial charge in [0.15, 0.2) is 0 Å². The number of benzene rings is 1. The van der Waals surface area contributed by atoms with Crippen molar-refractivity contribution in [1.29, 1.82) is 0 Å². The van der Waals surface area contributed by atoms with Crippen LogP contribution in [0, 0.1) is 0 Å². The fourth-order valence-corrected chi connectivity index (χ4v) is 3.20. The Hall–Kier alpha value is -0.810. The lowest BCUT2D eigenvalue weighted by molar-refractivity contribution is 0.252. The van der Waals surface area contributed by atoms with Crippen LogP contribution in [-0.2, 0) is 0 Å². The number of rotatable bonds is 4. The predicted octanol–water partition coefficient (Wildman–Crippen LogP) is 3.97. The summed E-state index contributed by atoms with van der Waals surface area (Å²) in [6, 6.07) is 7.77. The highest BCUT2D eigenvalue weighted by Crippen LogP contribution is 2.36. The van der Waals surface area contributed by atoms with Gasteiger partial charge >= 0.3 is 0 Å². The van der Waals surface area contributed by atoms with Crippen LogP contribution in [-0.4, -0.2) is 30.4 Å². The molecule has 0 aromatic heterocycles. The fraction of sp³-hybridized carbons (Fsp3) is 0.600. The number of halogens is 2. The maximum atomic E-state index is 12.7. The molecule has 0 aliphatic carbocycles. The van der Waals surface area contributed by atoms with Gasteiger partial charge in [-0.15, -0.1) is 0 Å². The number of hydrogen-bond acceptors (Lipinski definition) is 3. The largest absolute Gasteiger partial charge is 0.365 e. The summed E-state index contributed by atoms with van der Waals surface area (Å²) in [5.74, 6) is -2.38. The van der Waals surface area contributed by atoms with Gasteiger partial charge in [0.2, 0.25) is 0 Å². The molecule has 1 saturated heterocycles. The van der Waals surface area contributed by atoms with Gasteiger partial charge in [-0.25, -0.2) is 0 Å². The molecule has 1 aliphatic heterocycles. The monoisotopic (exact) mass is 300 g/mol. The molecule has 1 N–H and O–H groups in total. The summed E-state index contributed by atoms with van der Waals surface area (Å²) in [6.07, 6.45) is 1.01. The lowest BCUT2D eigenvalue weighted by Crippen LogP contribution is -2.62. The zero-order valence-electron chi connectivity index (χ0n) is 12.2. The van der Waals surface area contributed by atoms with Crippen LogP contribution in [0.5, 0.6) is 0 Å². The van der Waals surface area contributed by atoms with Crippen molar-refractivity contribution in [3.05, 3.63) is 24.3 Å². The molecule has 1 aromatic carbocycles. The highest BCUT2D eigenvalue weighted by Gasteiger charge is 2.33. The Morgan fingerprint density at radius 2 is 2.15 bits per heavy atom. The first-order valence-corrected chi connectivity index (χ1v) is 7.88. The average molecular weight is 300 g/mol. The maximum absolute atomic E-state index is 12.7. The molecule has 1 heterocycles. The van der Waals surface area contributed by atoms with Gasteiger partial charge in [-0.05, 0) is 32.4 Å². The number of nitrogens with zero attached hydrogens (tertiary/aromatic N) is 1. The molecule has 0 amide bonds. The third-order valence-electron chi connectivity index (χ3n) is 4.05. The second-order valence-corrected chi connectivity index (χ2v) is 6.65.